The molecule has 2 rings (SSSR count). The molecule has 9 N–H and O–H groups in total. The zero-order valence-corrected chi connectivity index (χ0v) is 21.2. The maximum absolute atomic E-state index is 13.7. The van der Waals surface area contributed by atoms with Crippen LogP contribution in [0.1, 0.15) is 109 Å². The molecule has 0 aliphatic heterocycles. The van der Waals surface area contributed by atoms with Gasteiger partial charge in [0.15, 0.2) is 5.96 Å². The van der Waals surface area contributed by atoms with Crippen LogP contribution in [0.25, 0.3) is 0 Å². The first-order valence-corrected chi connectivity index (χ1v) is 13.7. The Labute approximate surface area is 206 Å². The zero-order chi connectivity index (χ0) is 24.8. The molecule has 0 bridgehead atoms. The van der Waals surface area contributed by atoms with Gasteiger partial charge in [0.25, 0.3) is 0 Å². The van der Waals surface area contributed by atoms with Crippen LogP contribution >= 0.6 is 0 Å². The minimum atomic E-state index is -0.693. The van der Waals surface area contributed by atoms with E-state index in [2.05, 4.69) is 10.3 Å². The number of primary amides is 1. The van der Waals surface area contributed by atoms with Crippen molar-refractivity contribution in [1.82, 2.24) is 5.32 Å². The number of aliphatic imine (C=N–C) groups is 1. The molecule has 2 fully saturated rings. The van der Waals surface area contributed by atoms with E-state index in [1.165, 1.54) is 64.2 Å². The fourth-order valence-electron chi connectivity index (χ4n) is 5.83. The van der Waals surface area contributed by atoms with Crippen LogP contribution in [-0.4, -0.2) is 36.9 Å². The Morgan fingerprint density at radius 3 is 1.82 bits per heavy atom. The fraction of sp³-hybridized carbons (Fsp3) is 0.885. The van der Waals surface area contributed by atoms with Gasteiger partial charge in [0.05, 0.1) is 5.41 Å². The molecular formula is C26H50N6O2. The van der Waals surface area contributed by atoms with E-state index in [-0.39, 0.29) is 11.9 Å². The maximum atomic E-state index is 13.7. The van der Waals surface area contributed by atoms with Crippen molar-refractivity contribution in [2.45, 2.75) is 115 Å². The molecule has 2 aliphatic carbocycles. The van der Waals surface area contributed by atoms with E-state index in [9.17, 15) is 9.59 Å². The summed E-state index contributed by atoms with van der Waals surface area (Å²) >= 11 is 0. The minimum Gasteiger partial charge on any atom is -0.370 e. The molecule has 196 valence electrons. The van der Waals surface area contributed by atoms with Gasteiger partial charge >= 0.3 is 0 Å². The summed E-state index contributed by atoms with van der Waals surface area (Å²) in [6.07, 6.45) is 18.4. The molecule has 0 aromatic rings. The molecule has 2 saturated carbocycles. The number of nitrogens with zero attached hydrogens (tertiary/aromatic N) is 1. The molecule has 2 aliphatic rings. The summed E-state index contributed by atoms with van der Waals surface area (Å²) in [6, 6.07) is -0.693. The van der Waals surface area contributed by atoms with Crippen LogP contribution < -0.4 is 28.3 Å². The van der Waals surface area contributed by atoms with Crippen molar-refractivity contribution < 1.29 is 9.59 Å². The van der Waals surface area contributed by atoms with Crippen molar-refractivity contribution in [3.8, 4) is 0 Å². The number of amides is 2. The summed E-state index contributed by atoms with van der Waals surface area (Å²) in [5, 5.41) is 3.00. The predicted octanol–water partition coefficient (Wildman–Crippen LogP) is 3.07. The molecule has 2 amide bonds. The Balaban J connectivity index is 2.02. The Morgan fingerprint density at radius 1 is 0.853 bits per heavy atom. The SMILES string of the molecule is NCC(CCC1CCCCC1)(CCC1CCCCC1)C(=O)N[C@@H](CCCCN=C(N)N)C(N)=O. The van der Waals surface area contributed by atoms with E-state index < -0.39 is 17.4 Å². The average Bonchev–Trinajstić information content (AvgIpc) is 2.84. The molecule has 0 radical (unpaired) electrons. The molecule has 0 spiro atoms. The van der Waals surface area contributed by atoms with Crippen LogP contribution in [0.2, 0.25) is 0 Å². The highest BCUT2D eigenvalue weighted by Crippen LogP contribution is 2.38. The number of hydrogen-bond acceptors (Lipinski definition) is 4. The van der Waals surface area contributed by atoms with Gasteiger partial charge in [0.2, 0.25) is 11.8 Å². The highest BCUT2D eigenvalue weighted by Gasteiger charge is 2.39. The standard InChI is InChI=1S/C26H50N6O2/c27-19-26(16-14-20-9-3-1-4-10-20,17-15-21-11-5-2-6-12-21)24(34)32-22(23(28)33)13-7-8-18-31-25(29)30/h20-22H,1-19,27H2,(H2,28,33)(H,32,34)(H4,29,30,31)/t22-/m0/s1. The number of guanidine groups is 1. The van der Waals surface area contributed by atoms with Crippen molar-refractivity contribution in [3.63, 3.8) is 0 Å². The first kappa shape index (κ1) is 28.4. The molecule has 0 heterocycles. The average molecular weight is 479 g/mol. The van der Waals surface area contributed by atoms with E-state index in [0.717, 1.165) is 32.1 Å². The van der Waals surface area contributed by atoms with E-state index in [0.29, 0.717) is 37.8 Å². The topological polar surface area (TPSA) is 163 Å². The molecule has 0 unspecified atom stereocenters. The first-order valence-electron chi connectivity index (χ1n) is 13.7. The van der Waals surface area contributed by atoms with Gasteiger partial charge in [-0.2, -0.15) is 0 Å². The van der Waals surface area contributed by atoms with Gasteiger partial charge in [-0.05, 0) is 56.8 Å². The van der Waals surface area contributed by atoms with Crippen molar-refractivity contribution in [3.05, 3.63) is 0 Å². The lowest BCUT2D eigenvalue weighted by Gasteiger charge is -2.36. The monoisotopic (exact) mass is 478 g/mol. The minimum absolute atomic E-state index is 0.0587. The Morgan fingerprint density at radius 2 is 1.38 bits per heavy atom. The quantitative estimate of drug-likeness (QED) is 0.138. The van der Waals surface area contributed by atoms with Crippen molar-refractivity contribution in [2.75, 3.05) is 13.1 Å². The summed E-state index contributed by atoms with van der Waals surface area (Å²) in [6.45, 7) is 0.811. The lowest BCUT2D eigenvalue weighted by Crippen LogP contribution is -2.53. The van der Waals surface area contributed by atoms with Crippen molar-refractivity contribution >= 4 is 17.8 Å². The molecule has 34 heavy (non-hydrogen) atoms. The van der Waals surface area contributed by atoms with Crippen LogP contribution in [0.3, 0.4) is 0 Å². The van der Waals surface area contributed by atoms with Gasteiger partial charge in [0, 0.05) is 13.1 Å². The van der Waals surface area contributed by atoms with Gasteiger partial charge in [-0.3, -0.25) is 14.6 Å². The van der Waals surface area contributed by atoms with Crippen molar-refractivity contribution in [1.29, 1.82) is 0 Å². The largest absolute Gasteiger partial charge is 0.370 e. The number of rotatable bonds is 15. The second kappa shape index (κ2) is 15.2. The third kappa shape index (κ3) is 9.80. The lowest BCUT2D eigenvalue weighted by molar-refractivity contribution is -0.135. The van der Waals surface area contributed by atoms with Crippen LogP contribution in [0.5, 0.6) is 0 Å². The molecule has 0 aromatic heterocycles. The van der Waals surface area contributed by atoms with E-state index in [1.807, 2.05) is 0 Å². The number of nitrogens with two attached hydrogens (primary N) is 4. The van der Waals surface area contributed by atoms with Crippen LogP contribution in [-0.2, 0) is 9.59 Å². The third-order valence-electron chi connectivity index (χ3n) is 8.23. The molecule has 1 atom stereocenters. The summed E-state index contributed by atoms with van der Waals surface area (Å²) in [7, 11) is 0. The summed E-state index contributed by atoms with van der Waals surface area (Å²) in [4.78, 5) is 29.8. The van der Waals surface area contributed by atoms with Crippen LogP contribution in [0.4, 0.5) is 0 Å². The molecular weight excluding hydrogens is 428 g/mol. The number of carbonyl (C=O) groups is 2. The van der Waals surface area contributed by atoms with Gasteiger partial charge in [-0.1, -0.05) is 64.2 Å². The van der Waals surface area contributed by atoms with E-state index >= 15 is 0 Å². The van der Waals surface area contributed by atoms with Crippen LogP contribution in [0.15, 0.2) is 4.99 Å². The Hall–Kier alpha value is -1.83. The van der Waals surface area contributed by atoms with Gasteiger partial charge in [-0.15, -0.1) is 0 Å². The van der Waals surface area contributed by atoms with Crippen molar-refractivity contribution in [2.24, 2.45) is 45.2 Å². The number of nitrogens with one attached hydrogen (secondary N) is 1. The number of unbranched alkanes of at least 4 members (excludes halogenated alkanes) is 1. The Bertz CT molecular complexity index is 615. The summed E-state index contributed by atoms with van der Waals surface area (Å²) < 4.78 is 0. The summed E-state index contributed by atoms with van der Waals surface area (Å²) in [5.41, 5.74) is 22.1. The van der Waals surface area contributed by atoms with E-state index in [1.54, 1.807) is 0 Å². The van der Waals surface area contributed by atoms with E-state index in [4.69, 9.17) is 22.9 Å². The summed E-state index contributed by atoms with van der Waals surface area (Å²) in [5.74, 6) is 0.841. The Kier molecular flexibility index (Phi) is 12.7. The highest BCUT2D eigenvalue weighted by molar-refractivity contribution is 5.89. The molecule has 0 saturated heterocycles. The molecule has 8 heteroatoms. The first-order chi connectivity index (χ1) is 16.4. The second-order valence-corrected chi connectivity index (χ2v) is 10.8. The molecule has 8 nitrogen and oxygen atoms in total. The maximum Gasteiger partial charge on any atom is 0.239 e. The van der Waals surface area contributed by atoms with Gasteiger partial charge in [0.1, 0.15) is 6.04 Å². The van der Waals surface area contributed by atoms with Gasteiger partial charge < -0.3 is 28.3 Å². The van der Waals surface area contributed by atoms with Gasteiger partial charge in [-0.25, -0.2) is 0 Å². The normalized spacial score (nSPS) is 18.9. The number of carbonyl (C=O) groups excluding carboxylic acids is 2. The third-order valence-corrected chi connectivity index (χ3v) is 8.23. The lowest BCUT2D eigenvalue weighted by atomic mass is 9.72. The second-order valence-electron chi connectivity index (χ2n) is 10.8. The molecule has 0 aromatic carbocycles. The fourth-order valence-corrected chi connectivity index (χ4v) is 5.83. The smallest absolute Gasteiger partial charge is 0.239 e. The van der Waals surface area contributed by atoms with Crippen LogP contribution in [0, 0.1) is 17.3 Å². The number of hydrogen-bond donors (Lipinski definition) is 5. The predicted molar refractivity (Wildman–Crippen MR) is 139 cm³/mol. The zero-order valence-electron chi connectivity index (χ0n) is 21.2. The highest BCUT2D eigenvalue weighted by atomic mass is 16.2.